The van der Waals surface area contributed by atoms with E-state index in [0.29, 0.717) is 51.3 Å². The molecular weight excluding hydrogens is 513 g/mol. The molecule has 0 saturated heterocycles. The highest BCUT2D eigenvalue weighted by Crippen LogP contribution is 2.42. The van der Waals surface area contributed by atoms with Crippen molar-refractivity contribution >= 4 is 40.1 Å². The van der Waals surface area contributed by atoms with E-state index in [2.05, 4.69) is 0 Å². The van der Waals surface area contributed by atoms with Crippen LogP contribution in [0.4, 0.5) is 0 Å². The van der Waals surface area contributed by atoms with Crippen LogP contribution in [0.15, 0.2) is 63.8 Å². The van der Waals surface area contributed by atoms with Gasteiger partial charge in [-0.3, -0.25) is 9.59 Å². The van der Waals surface area contributed by atoms with Gasteiger partial charge in [0.05, 0.1) is 30.2 Å². The predicted octanol–water partition coefficient (Wildman–Crippen LogP) is 6.95. The minimum Gasteiger partial charge on any atom is -0.490 e. The predicted molar refractivity (Wildman–Crippen MR) is 144 cm³/mol. The van der Waals surface area contributed by atoms with Gasteiger partial charge >= 0.3 is 0 Å². The number of fused-ring (bicyclic) bond motifs is 2. The largest absolute Gasteiger partial charge is 0.490 e. The molecule has 0 radical (unpaired) electrons. The van der Waals surface area contributed by atoms with Crippen LogP contribution in [0.1, 0.15) is 52.7 Å². The molecule has 6 nitrogen and oxygen atoms in total. The number of nitrogens with zero attached hydrogens (tertiary/aromatic N) is 1. The molecule has 5 rings (SSSR count). The molecule has 1 aliphatic heterocycles. The van der Waals surface area contributed by atoms with Crippen LogP contribution in [-0.4, -0.2) is 24.0 Å². The van der Waals surface area contributed by atoms with Gasteiger partial charge in [0.15, 0.2) is 16.9 Å². The maximum atomic E-state index is 13.9. The van der Waals surface area contributed by atoms with Crippen molar-refractivity contribution in [3.05, 3.63) is 103 Å². The van der Waals surface area contributed by atoms with Crippen LogP contribution in [-0.2, 0) is 6.54 Å². The van der Waals surface area contributed by atoms with Crippen LogP contribution < -0.4 is 14.9 Å². The lowest BCUT2D eigenvalue weighted by Gasteiger charge is -2.26. The van der Waals surface area contributed by atoms with Gasteiger partial charge in [-0.2, -0.15) is 0 Å². The first-order chi connectivity index (χ1) is 17.8. The molecule has 0 spiro atoms. The van der Waals surface area contributed by atoms with Crippen molar-refractivity contribution < 1.29 is 18.7 Å². The van der Waals surface area contributed by atoms with Gasteiger partial charge in [-0.05, 0) is 67.8 Å². The smallest absolute Gasteiger partial charge is 0.291 e. The Labute approximate surface area is 224 Å². The van der Waals surface area contributed by atoms with E-state index in [1.54, 1.807) is 29.2 Å². The average molecular weight is 538 g/mol. The van der Waals surface area contributed by atoms with E-state index in [9.17, 15) is 9.59 Å². The van der Waals surface area contributed by atoms with Crippen LogP contribution >= 0.6 is 23.2 Å². The minimum absolute atomic E-state index is 0.0168. The molecule has 0 aliphatic carbocycles. The zero-order valence-electron chi connectivity index (χ0n) is 20.6. The fraction of sp³-hybridized carbons (Fsp3) is 0.241. The molecule has 1 unspecified atom stereocenters. The van der Waals surface area contributed by atoms with Crippen LogP contribution in [0.3, 0.4) is 0 Å². The lowest BCUT2D eigenvalue weighted by Crippen LogP contribution is -2.29. The standard InChI is InChI=1S/C29H25Cl2NO5/c1-4-35-22-11-10-17(13-24(22)36-5-2)26-25-27(33)19-14-21(31)16(3)12-23(19)37-28(25)29(34)32(26)15-18-8-6-7-9-20(18)30/h6-14,26H,4-5,15H2,1-3H3. The molecule has 0 saturated carbocycles. The zero-order valence-corrected chi connectivity index (χ0v) is 22.2. The summed E-state index contributed by atoms with van der Waals surface area (Å²) in [6.45, 7) is 6.67. The summed E-state index contributed by atoms with van der Waals surface area (Å²) in [4.78, 5) is 29.3. The quantitative estimate of drug-likeness (QED) is 0.255. The second-order valence-electron chi connectivity index (χ2n) is 8.77. The molecular formula is C29H25Cl2NO5. The Hall–Kier alpha value is -3.48. The van der Waals surface area contributed by atoms with E-state index in [-0.39, 0.29) is 23.3 Å². The molecule has 1 aliphatic rings. The Morgan fingerprint density at radius 1 is 0.919 bits per heavy atom. The lowest BCUT2D eigenvalue weighted by molar-refractivity contribution is 0.0714. The van der Waals surface area contributed by atoms with Crippen molar-refractivity contribution in [2.75, 3.05) is 13.2 Å². The summed E-state index contributed by atoms with van der Waals surface area (Å²) in [5.41, 5.74) is 2.47. The third-order valence-electron chi connectivity index (χ3n) is 6.43. The molecule has 2 heterocycles. The second kappa shape index (κ2) is 10.1. The van der Waals surface area contributed by atoms with Crippen molar-refractivity contribution in [3.8, 4) is 11.5 Å². The molecule has 4 aromatic rings. The maximum absolute atomic E-state index is 13.9. The van der Waals surface area contributed by atoms with Gasteiger partial charge in [0.25, 0.3) is 5.91 Å². The van der Waals surface area contributed by atoms with E-state index in [1.165, 1.54) is 0 Å². The molecule has 1 amide bonds. The van der Waals surface area contributed by atoms with Crippen molar-refractivity contribution in [3.63, 3.8) is 0 Å². The Morgan fingerprint density at radius 2 is 1.65 bits per heavy atom. The third kappa shape index (κ3) is 4.45. The average Bonchev–Trinajstić information content (AvgIpc) is 3.15. The summed E-state index contributed by atoms with van der Waals surface area (Å²) in [5.74, 6) is 0.744. The minimum atomic E-state index is -0.727. The molecule has 37 heavy (non-hydrogen) atoms. The number of aryl methyl sites for hydroxylation is 1. The SMILES string of the molecule is CCOc1ccc(C2c3c(oc4cc(C)c(Cl)cc4c3=O)C(=O)N2Cc2ccccc2Cl)cc1OCC. The van der Waals surface area contributed by atoms with E-state index < -0.39 is 11.9 Å². The second-order valence-corrected chi connectivity index (χ2v) is 9.59. The highest BCUT2D eigenvalue weighted by Gasteiger charge is 2.43. The summed E-state index contributed by atoms with van der Waals surface area (Å²) < 4.78 is 17.6. The topological polar surface area (TPSA) is 69.0 Å². The summed E-state index contributed by atoms with van der Waals surface area (Å²) in [5, 5.41) is 1.30. The number of benzene rings is 3. The summed E-state index contributed by atoms with van der Waals surface area (Å²) >= 11 is 12.8. The number of amides is 1. The van der Waals surface area contributed by atoms with Gasteiger partial charge in [0, 0.05) is 16.6 Å². The molecule has 3 aromatic carbocycles. The first-order valence-corrected chi connectivity index (χ1v) is 12.8. The number of halogens is 2. The van der Waals surface area contributed by atoms with E-state index in [0.717, 1.165) is 11.1 Å². The van der Waals surface area contributed by atoms with E-state index in [4.69, 9.17) is 37.1 Å². The number of hydrogen-bond donors (Lipinski definition) is 0. The summed E-state index contributed by atoms with van der Waals surface area (Å²) in [7, 11) is 0. The van der Waals surface area contributed by atoms with Crippen LogP contribution in [0.2, 0.25) is 10.0 Å². The maximum Gasteiger partial charge on any atom is 0.291 e. The first kappa shape index (κ1) is 25.2. The van der Waals surface area contributed by atoms with Crippen LogP contribution in [0.25, 0.3) is 11.0 Å². The monoisotopic (exact) mass is 537 g/mol. The van der Waals surface area contributed by atoms with Crippen molar-refractivity contribution in [2.45, 2.75) is 33.4 Å². The fourth-order valence-corrected chi connectivity index (χ4v) is 5.06. The molecule has 0 N–H and O–H groups in total. The Morgan fingerprint density at radius 3 is 2.38 bits per heavy atom. The van der Waals surface area contributed by atoms with Gasteiger partial charge < -0.3 is 18.8 Å². The van der Waals surface area contributed by atoms with Gasteiger partial charge in [-0.15, -0.1) is 0 Å². The highest BCUT2D eigenvalue weighted by atomic mass is 35.5. The Balaban J connectivity index is 1.74. The lowest BCUT2D eigenvalue weighted by atomic mass is 9.97. The molecule has 190 valence electrons. The van der Waals surface area contributed by atoms with Crippen molar-refractivity contribution in [1.29, 1.82) is 0 Å². The highest BCUT2D eigenvalue weighted by molar-refractivity contribution is 6.32. The summed E-state index contributed by atoms with van der Waals surface area (Å²) in [6, 6.07) is 15.3. The van der Waals surface area contributed by atoms with E-state index in [1.807, 2.05) is 51.1 Å². The van der Waals surface area contributed by atoms with E-state index >= 15 is 0 Å². The van der Waals surface area contributed by atoms with Crippen molar-refractivity contribution in [2.24, 2.45) is 0 Å². The molecule has 0 bridgehead atoms. The van der Waals surface area contributed by atoms with Gasteiger partial charge in [0.1, 0.15) is 5.58 Å². The number of ether oxygens (including phenoxy) is 2. The Kier molecular flexibility index (Phi) is 6.88. The van der Waals surface area contributed by atoms with Crippen molar-refractivity contribution in [1.82, 2.24) is 4.90 Å². The van der Waals surface area contributed by atoms with Gasteiger partial charge in [0.2, 0.25) is 5.76 Å². The molecule has 0 fully saturated rings. The number of hydrogen-bond acceptors (Lipinski definition) is 5. The molecule has 8 heteroatoms. The number of carbonyl (C=O) groups is 1. The Bertz CT molecular complexity index is 1580. The van der Waals surface area contributed by atoms with Crippen LogP contribution in [0, 0.1) is 6.92 Å². The van der Waals surface area contributed by atoms with Gasteiger partial charge in [-0.25, -0.2) is 0 Å². The number of carbonyl (C=O) groups excluding carboxylic acids is 1. The third-order valence-corrected chi connectivity index (χ3v) is 7.20. The molecule has 1 aromatic heterocycles. The zero-order chi connectivity index (χ0) is 26.3. The van der Waals surface area contributed by atoms with Crippen LogP contribution in [0.5, 0.6) is 11.5 Å². The first-order valence-electron chi connectivity index (χ1n) is 12.0. The fourth-order valence-electron chi connectivity index (χ4n) is 4.70. The van der Waals surface area contributed by atoms with Gasteiger partial charge in [-0.1, -0.05) is 47.5 Å². The molecule has 1 atom stereocenters. The normalized spacial score (nSPS) is 14.8. The summed E-state index contributed by atoms with van der Waals surface area (Å²) in [6.07, 6.45) is 0. The number of rotatable bonds is 7.